The molecule has 116 valence electrons. The maximum atomic E-state index is 12.5. The van der Waals surface area contributed by atoms with Crippen molar-refractivity contribution in [1.29, 1.82) is 0 Å². The number of alkyl halides is 3. The van der Waals surface area contributed by atoms with Crippen LogP contribution in [-0.2, 0) is 12.7 Å². The summed E-state index contributed by atoms with van der Waals surface area (Å²) in [5.74, 6) is 0.190. The van der Waals surface area contributed by atoms with E-state index in [1.807, 2.05) is 6.07 Å². The average Bonchev–Trinajstić information content (AvgIpc) is 2.52. The van der Waals surface area contributed by atoms with Gasteiger partial charge in [-0.15, -0.1) is 0 Å². The first-order chi connectivity index (χ1) is 10.4. The van der Waals surface area contributed by atoms with Crippen molar-refractivity contribution in [2.45, 2.75) is 12.7 Å². The number of nitrogens with one attached hydrogen (secondary N) is 1. The molecule has 22 heavy (non-hydrogen) atoms. The van der Waals surface area contributed by atoms with Gasteiger partial charge in [-0.3, -0.25) is 4.79 Å². The molecule has 0 fully saturated rings. The molecule has 0 aliphatic heterocycles. The van der Waals surface area contributed by atoms with Crippen molar-refractivity contribution in [3.8, 4) is 5.75 Å². The van der Waals surface area contributed by atoms with Gasteiger partial charge in [-0.1, -0.05) is 18.2 Å². The first kappa shape index (κ1) is 15.9. The molecule has 2 aromatic rings. The Kier molecular flexibility index (Phi) is 4.70. The van der Waals surface area contributed by atoms with Crippen molar-refractivity contribution >= 4 is 5.91 Å². The molecule has 2 aromatic carbocycles. The highest BCUT2D eigenvalue weighted by atomic mass is 19.4. The molecule has 0 atom stereocenters. The maximum absolute atomic E-state index is 12.5. The topological polar surface area (TPSA) is 38.3 Å². The average molecular weight is 309 g/mol. The third-order valence-corrected chi connectivity index (χ3v) is 3.11. The normalized spacial score (nSPS) is 11.1. The molecule has 0 unspecified atom stereocenters. The molecular formula is C16H14F3NO2. The van der Waals surface area contributed by atoms with E-state index < -0.39 is 17.6 Å². The summed E-state index contributed by atoms with van der Waals surface area (Å²) in [5.41, 5.74) is 0.168. The molecule has 0 aliphatic carbocycles. The van der Waals surface area contributed by atoms with Crippen LogP contribution in [0.2, 0.25) is 0 Å². The third kappa shape index (κ3) is 3.78. The van der Waals surface area contributed by atoms with Crippen LogP contribution in [-0.4, -0.2) is 13.0 Å². The molecule has 1 N–H and O–H groups in total. The largest absolute Gasteiger partial charge is 0.496 e. The van der Waals surface area contributed by atoms with E-state index in [0.29, 0.717) is 5.75 Å². The Hall–Kier alpha value is -2.50. The van der Waals surface area contributed by atoms with Crippen LogP contribution in [0.15, 0.2) is 48.5 Å². The first-order valence-corrected chi connectivity index (χ1v) is 6.49. The van der Waals surface area contributed by atoms with Gasteiger partial charge in [0.2, 0.25) is 0 Å². The van der Waals surface area contributed by atoms with Crippen LogP contribution in [0, 0.1) is 0 Å². The number of carbonyl (C=O) groups excluding carboxylic acids is 1. The summed E-state index contributed by atoms with van der Waals surface area (Å²) in [6.45, 7) is 0.226. The van der Waals surface area contributed by atoms with Gasteiger partial charge in [-0.2, -0.15) is 13.2 Å². The Morgan fingerprint density at radius 2 is 1.73 bits per heavy atom. The molecule has 0 bridgehead atoms. The number of amides is 1. The summed E-state index contributed by atoms with van der Waals surface area (Å²) in [4.78, 5) is 11.9. The SMILES string of the molecule is COc1ccccc1CNC(=O)c1ccc(C(F)(F)F)cc1. The number of hydrogen-bond acceptors (Lipinski definition) is 2. The van der Waals surface area contributed by atoms with E-state index in [0.717, 1.165) is 29.8 Å². The Labute approximate surface area is 125 Å². The Balaban J connectivity index is 2.03. The summed E-state index contributed by atoms with van der Waals surface area (Å²) >= 11 is 0. The molecule has 0 aliphatic rings. The third-order valence-electron chi connectivity index (χ3n) is 3.11. The minimum atomic E-state index is -4.41. The first-order valence-electron chi connectivity index (χ1n) is 6.49. The lowest BCUT2D eigenvalue weighted by molar-refractivity contribution is -0.137. The van der Waals surface area contributed by atoms with Gasteiger partial charge in [-0.05, 0) is 30.3 Å². The highest BCUT2D eigenvalue weighted by molar-refractivity contribution is 5.94. The van der Waals surface area contributed by atoms with E-state index in [9.17, 15) is 18.0 Å². The van der Waals surface area contributed by atoms with Crippen LogP contribution in [0.4, 0.5) is 13.2 Å². The predicted octanol–water partition coefficient (Wildman–Crippen LogP) is 3.64. The predicted molar refractivity (Wildman–Crippen MR) is 75.6 cm³/mol. The van der Waals surface area contributed by atoms with Crippen LogP contribution in [0.3, 0.4) is 0 Å². The zero-order valence-corrected chi connectivity index (χ0v) is 11.8. The summed E-state index contributed by atoms with van der Waals surface area (Å²) in [6.07, 6.45) is -4.41. The van der Waals surface area contributed by atoms with Gasteiger partial charge in [0.25, 0.3) is 5.91 Å². The molecule has 0 radical (unpaired) electrons. The molecular weight excluding hydrogens is 295 g/mol. The fourth-order valence-corrected chi connectivity index (χ4v) is 1.94. The molecule has 0 aromatic heterocycles. The fraction of sp³-hybridized carbons (Fsp3) is 0.188. The molecule has 0 heterocycles. The number of hydrogen-bond donors (Lipinski definition) is 1. The number of benzene rings is 2. The monoisotopic (exact) mass is 309 g/mol. The summed E-state index contributed by atoms with van der Waals surface area (Å²) in [6, 6.07) is 11.3. The summed E-state index contributed by atoms with van der Waals surface area (Å²) in [5, 5.41) is 2.65. The van der Waals surface area contributed by atoms with Gasteiger partial charge in [0.15, 0.2) is 0 Å². The molecule has 0 saturated carbocycles. The molecule has 2 rings (SSSR count). The number of carbonyl (C=O) groups is 1. The summed E-state index contributed by atoms with van der Waals surface area (Å²) in [7, 11) is 1.52. The molecule has 6 heteroatoms. The van der Waals surface area contributed by atoms with E-state index in [2.05, 4.69) is 5.32 Å². The van der Waals surface area contributed by atoms with E-state index in [1.54, 1.807) is 18.2 Å². The van der Waals surface area contributed by atoms with Crippen molar-refractivity contribution in [2.75, 3.05) is 7.11 Å². The zero-order chi connectivity index (χ0) is 16.2. The van der Waals surface area contributed by atoms with Crippen molar-refractivity contribution in [3.05, 3.63) is 65.2 Å². The second-order valence-corrected chi connectivity index (χ2v) is 4.57. The zero-order valence-electron chi connectivity index (χ0n) is 11.8. The van der Waals surface area contributed by atoms with Gasteiger partial charge in [-0.25, -0.2) is 0 Å². The van der Waals surface area contributed by atoms with Crippen LogP contribution in [0.1, 0.15) is 21.5 Å². The van der Waals surface area contributed by atoms with Crippen LogP contribution in [0.5, 0.6) is 5.75 Å². The standard InChI is InChI=1S/C16H14F3NO2/c1-22-14-5-3-2-4-12(14)10-20-15(21)11-6-8-13(9-7-11)16(17,18)19/h2-9H,10H2,1H3,(H,20,21). The van der Waals surface area contributed by atoms with Gasteiger partial charge >= 0.3 is 6.18 Å². The number of rotatable bonds is 4. The highest BCUT2D eigenvalue weighted by Crippen LogP contribution is 2.29. The smallest absolute Gasteiger partial charge is 0.416 e. The number of ether oxygens (including phenoxy) is 1. The lowest BCUT2D eigenvalue weighted by Crippen LogP contribution is -2.23. The van der Waals surface area contributed by atoms with Gasteiger partial charge in [0.1, 0.15) is 5.75 Å². The second kappa shape index (κ2) is 6.51. The Morgan fingerprint density at radius 3 is 2.32 bits per heavy atom. The summed E-state index contributed by atoms with van der Waals surface area (Å²) < 4.78 is 42.5. The molecule has 1 amide bonds. The lowest BCUT2D eigenvalue weighted by Gasteiger charge is -2.10. The molecule has 3 nitrogen and oxygen atoms in total. The van der Waals surface area contributed by atoms with Gasteiger partial charge in [0.05, 0.1) is 12.7 Å². The van der Waals surface area contributed by atoms with E-state index >= 15 is 0 Å². The van der Waals surface area contributed by atoms with E-state index in [1.165, 1.54) is 7.11 Å². The van der Waals surface area contributed by atoms with Gasteiger partial charge in [0, 0.05) is 17.7 Å². The van der Waals surface area contributed by atoms with Crippen molar-refractivity contribution in [3.63, 3.8) is 0 Å². The minimum absolute atomic E-state index is 0.169. The maximum Gasteiger partial charge on any atom is 0.416 e. The quantitative estimate of drug-likeness (QED) is 0.936. The molecule has 0 spiro atoms. The number of para-hydroxylation sites is 1. The fourth-order valence-electron chi connectivity index (χ4n) is 1.94. The Morgan fingerprint density at radius 1 is 1.09 bits per heavy atom. The number of halogens is 3. The van der Waals surface area contributed by atoms with Crippen LogP contribution < -0.4 is 10.1 Å². The van der Waals surface area contributed by atoms with E-state index in [-0.39, 0.29) is 12.1 Å². The van der Waals surface area contributed by atoms with Crippen molar-refractivity contribution in [2.24, 2.45) is 0 Å². The Bertz CT molecular complexity index is 651. The number of methoxy groups -OCH3 is 1. The highest BCUT2D eigenvalue weighted by Gasteiger charge is 2.30. The van der Waals surface area contributed by atoms with Crippen LogP contribution >= 0.6 is 0 Å². The van der Waals surface area contributed by atoms with E-state index in [4.69, 9.17) is 4.74 Å². The lowest BCUT2D eigenvalue weighted by atomic mass is 10.1. The molecule has 0 saturated heterocycles. The van der Waals surface area contributed by atoms with Crippen molar-refractivity contribution in [1.82, 2.24) is 5.32 Å². The minimum Gasteiger partial charge on any atom is -0.496 e. The van der Waals surface area contributed by atoms with Crippen molar-refractivity contribution < 1.29 is 22.7 Å². The van der Waals surface area contributed by atoms with Crippen LogP contribution in [0.25, 0.3) is 0 Å². The van der Waals surface area contributed by atoms with Gasteiger partial charge < -0.3 is 10.1 Å². The second-order valence-electron chi connectivity index (χ2n) is 4.57.